The van der Waals surface area contributed by atoms with E-state index >= 15 is 0 Å². The van der Waals surface area contributed by atoms with Gasteiger partial charge in [-0.1, -0.05) is 35.4 Å². The Kier molecular flexibility index (Phi) is 34.6. The Morgan fingerprint density at radius 1 is 0.314 bits per heavy atom. The van der Waals surface area contributed by atoms with Crippen molar-refractivity contribution in [1.82, 2.24) is 0 Å². The highest BCUT2D eigenvalue weighted by molar-refractivity contribution is 14.1. The van der Waals surface area contributed by atoms with Crippen molar-refractivity contribution in [3.63, 3.8) is 0 Å². The lowest BCUT2D eigenvalue weighted by atomic mass is 10.2. The molecule has 0 saturated carbocycles. The van der Waals surface area contributed by atoms with E-state index in [1.54, 1.807) is 0 Å². The molecule has 0 aromatic rings. The van der Waals surface area contributed by atoms with Crippen molar-refractivity contribution in [2.45, 2.75) is 25.7 Å². The van der Waals surface area contributed by atoms with E-state index in [4.69, 9.17) is 42.6 Å². The summed E-state index contributed by atoms with van der Waals surface area (Å²) in [5.74, 6) is 0. The van der Waals surface area contributed by atoms with Crippen molar-refractivity contribution in [3.05, 3.63) is 0 Å². The molecule has 0 amide bonds. The van der Waals surface area contributed by atoms with E-state index in [0.29, 0.717) is 106 Å². The quantitative estimate of drug-likeness (QED) is 0.0636. The Balaban J connectivity index is 3.00. The predicted molar refractivity (Wildman–Crippen MR) is 141 cm³/mol. The highest BCUT2D eigenvalue weighted by Crippen LogP contribution is 2.02. The minimum Gasteiger partial charge on any atom is -0.379 e. The zero-order valence-electron chi connectivity index (χ0n) is 21.4. The number of hydrogen-bond acceptors (Lipinski definition) is 9. The van der Waals surface area contributed by atoms with E-state index in [-0.39, 0.29) is 6.61 Å². The first-order valence-electron chi connectivity index (χ1n) is 12.7. The van der Waals surface area contributed by atoms with Crippen LogP contribution in [-0.2, 0) is 42.6 Å². The van der Waals surface area contributed by atoms with Gasteiger partial charge in [-0.25, -0.2) is 4.39 Å². The number of alkyl halides is 2. The van der Waals surface area contributed by atoms with Crippen LogP contribution in [-0.4, -0.2) is 130 Å². The van der Waals surface area contributed by atoms with Gasteiger partial charge >= 0.3 is 0 Å². The molecule has 0 unspecified atom stereocenters. The zero-order valence-corrected chi connectivity index (χ0v) is 23.6. The molecule has 0 saturated heterocycles. The lowest BCUT2D eigenvalue weighted by Gasteiger charge is -2.08. The van der Waals surface area contributed by atoms with Crippen LogP contribution in [0.3, 0.4) is 0 Å². The summed E-state index contributed by atoms with van der Waals surface area (Å²) >= 11 is 2.42. The van der Waals surface area contributed by atoms with Crippen LogP contribution in [0.4, 0.5) is 4.39 Å². The van der Waals surface area contributed by atoms with Crippen molar-refractivity contribution in [2.24, 2.45) is 0 Å². The van der Waals surface area contributed by atoms with Gasteiger partial charge in [0.1, 0.15) is 6.67 Å². The highest BCUT2D eigenvalue weighted by atomic mass is 127. The van der Waals surface area contributed by atoms with Crippen molar-refractivity contribution in [1.29, 1.82) is 0 Å². The SMILES string of the molecule is FCCOCCOCCOCCOCCOCCOCCOCCOCCOCCCCCCI. The second kappa shape index (κ2) is 34.3. The number of hydrogen-bond donors (Lipinski definition) is 0. The highest BCUT2D eigenvalue weighted by Gasteiger charge is 1.96. The van der Waals surface area contributed by atoms with Crippen LogP contribution in [0.1, 0.15) is 25.7 Å². The Bertz CT molecular complexity index is 342. The first-order chi connectivity index (χ1) is 17.4. The molecular weight excluding hydrogens is 578 g/mol. The smallest absolute Gasteiger partial charge is 0.113 e. The Labute approximate surface area is 225 Å². The summed E-state index contributed by atoms with van der Waals surface area (Å²) in [4.78, 5) is 0. The summed E-state index contributed by atoms with van der Waals surface area (Å²) in [6.07, 6.45) is 4.98. The second-order valence-electron chi connectivity index (χ2n) is 7.30. The predicted octanol–water partition coefficient (Wildman–Crippen LogP) is 3.10. The molecule has 0 rings (SSSR count). The van der Waals surface area contributed by atoms with E-state index in [1.165, 1.54) is 23.7 Å². The third-order valence-corrected chi connectivity index (χ3v) is 5.13. The van der Waals surface area contributed by atoms with E-state index in [0.717, 1.165) is 13.0 Å². The van der Waals surface area contributed by atoms with Gasteiger partial charge < -0.3 is 42.6 Å². The minimum absolute atomic E-state index is 0.121. The molecule has 11 heteroatoms. The van der Waals surface area contributed by atoms with E-state index in [1.807, 2.05) is 0 Å². The Hall–Kier alpha value is 0.300. The van der Waals surface area contributed by atoms with Gasteiger partial charge in [-0.2, -0.15) is 0 Å². The fourth-order valence-corrected chi connectivity index (χ4v) is 3.11. The molecule has 0 aliphatic rings. The summed E-state index contributed by atoms with van der Waals surface area (Å²) in [5, 5.41) is 0. The molecule has 0 spiro atoms. The molecule has 0 atom stereocenters. The van der Waals surface area contributed by atoms with Crippen molar-refractivity contribution in [3.8, 4) is 0 Å². The van der Waals surface area contributed by atoms with Crippen molar-refractivity contribution in [2.75, 3.05) is 130 Å². The first-order valence-corrected chi connectivity index (χ1v) is 14.3. The third-order valence-electron chi connectivity index (χ3n) is 4.37. The first kappa shape index (κ1) is 35.3. The number of ether oxygens (including phenoxy) is 9. The lowest BCUT2D eigenvalue weighted by molar-refractivity contribution is -0.0252. The van der Waals surface area contributed by atoms with Crippen LogP contribution in [0.25, 0.3) is 0 Å². The maximum Gasteiger partial charge on any atom is 0.113 e. The van der Waals surface area contributed by atoms with Gasteiger partial charge in [0.2, 0.25) is 0 Å². The van der Waals surface area contributed by atoms with Crippen molar-refractivity contribution < 1.29 is 47.0 Å². The molecule has 0 aromatic carbocycles. The molecule has 9 nitrogen and oxygen atoms in total. The summed E-state index contributed by atoms with van der Waals surface area (Å²) in [5.41, 5.74) is 0. The minimum atomic E-state index is -0.468. The van der Waals surface area contributed by atoms with Gasteiger partial charge in [0.15, 0.2) is 0 Å². The molecule has 0 aliphatic heterocycles. The largest absolute Gasteiger partial charge is 0.379 e. The van der Waals surface area contributed by atoms with Crippen LogP contribution in [0.5, 0.6) is 0 Å². The fraction of sp³-hybridized carbons (Fsp3) is 1.00. The number of halogens is 2. The van der Waals surface area contributed by atoms with Crippen LogP contribution in [0, 0.1) is 0 Å². The summed E-state index contributed by atoms with van der Waals surface area (Å²) in [6.45, 7) is 8.83. The van der Waals surface area contributed by atoms with Gasteiger partial charge in [-0.05, 0) is 17.3 Å². The maximum atomic E-state index is 11.8. The summed E-state index contributed by atoms with van der Waals surface area (Å²) in [6, 6.07) is 0. The van der Waals surface area contributed by atoms with Crippen molar-refractivity contribution >= 4 is 22.6 Å². The topological polar surface area (TPSA) is 83.1 Å². The van der Waals surface area contributed by atoms with E-state index in [2.05, 4.69) is 22.6 Å². The third kappa shape index (κ3) is 34.3. The van der Waals surface area contributed by atoms with E-state index in [9.17, 15) is 4.39 Å². The molecule has 0 radical (unpaired) electrons. The van der Waals surface area contributed by atoms with Gasteiger partial charge in [0, 0.05) is 6.61 Å². The van der Waals surface area contributed by atoms with Gasteiger partial charge in [-0.15, -0.1) is 0 Å². The molecule has 35 heavy (non-hydrogen) atoms. The van der Waals surface area contributed by atoms with Gasteiger partial charge in [0.05, 0.1) is 112 Å². The second-order valence-corrected chi connectivity index (χ2v) is 8.38. The summed E-state index contributed by atoms with van der Waals surface area (Å²) < 4.78 is 61.4. The average molecular weight is 627 g/mol. The molecule has 0 N–H and O–H groups in total. The molecular formula is C24H48FIO9. The summed E-state index contributed by atoms with van der Waals surface area (Å²) in [7, 11) is 0. The van der Waals surface area contributed by atoms with Crippen LogP contribution >= 0.6 is 22.6 Å². The fourth-order valence-electron chi connectivity index (χ4n) is 2.57. The van der Waals surface area contributed by atoms with E-state index < -0.39 is 6.67 Å². The van der Waals surface area contributed by atoms with Crippen LogP contribution in [0.2, 0.25) is 0 Å². The number of rotatable bonds is 32. The molecule has 0 aromatic heterocycles. The van der Waals surface area contributed by atoms with Crippen LogP contribution < -0.4 is 0 Å². The maximum absolute atomic E-state index is 11.8. The normalized spacial score (nSPS) is 11.5. The Morgan fingerprint density at radius 2 is 0.571 bits per heavy atom. The molecule has 0 aliphatic carbocycles. The molecule has 212 valence electrons. The molecule has 0 fully saturated rings. The Morgan fingerprint density at radius 3 is 0.857 bits per heavy atom. The van der Waals surface area contributed by atoms with Gasteiger partial charge in [0.25, 0.3) is 0 Å². The lowest BCUT2D eigenvalue weighted by Crippen LogP contribution is -2.15. The monoisotopic (exact) mass is 626 g/mol. The average Bonchev–Trinajstić information content (AvgIpc) is 2.87. The zero-order chi connectivity index (χ0) is 25.3. The standard InChI is InChI=1S/C24H48FIO9/c25-5-8-28-10-12-30-14-16-32-18-20-34-22-24-35-23-21-33-19-17-31-15-13-29-11-9-27-7-4-2-1-3-6-26/h1-24H2. The van der Waals surface area contributed by atoms with Crippen LogP contribution in [0.15, 0.2) is 0 Å². The number of unbranched alkanes of at least 4 members (excludes halogenated alkanes) is 3. The van der Waals surface area contributed by atoms with Gasteiger partial charge in [-0.3, -0.25) is 0 Å². The molecule has 0 heterocycles. The molecule has 0 bridgehead atoms.